The van der Waals surface area contributed by atoms with Gasteiger partial charge in [0.15, 0.2) is 5.65 Å². The number of anilines is 1. The number of hydrogen-bond acceptors (Lipinski definition) is 7. The average Bonchev–Trinajstić information content (AvgIpc) is 3.37. The van der Waals surface area contributed by atoms with Crippen LogP contribution in [0.2, 0.25) is 5.02 Å². The second-order valence-electron chi connectivity index (χ2n) is 7.45. The first-order chi connectivity index (χ1) is 15.0. The predicted octanol–water partition coefficient (Wildman–Crippen LogP) is 1.28. The molecule has 11 heteroatoms. The van der Waals surface area contributed by atoms with Gasteiger partial charge in [0.05, 0.1) is 18.3 Å². The van der Waals surface area contributed by atoms with E-state index < -0.39 is 5.69 Å². The Morgan fingerprint density at radius 3 is 2.90 bits per heavy atom. The summed E-state index contributed by atoms with van der Waals surface area (Å²) in [6.45, 7) is 1.99. The number of hydrogen-bond donors (Lipinski definition) is 4. The predicted molar refractivity (Wildman–Crippen MR) is 115 cm³/mol. The maximum atomic E-state index is 11.4. The maximum Gasteiger partial charge on any atom is 0.326 e. The number of halogens is 1. The summed E-state index contributed by atoms with van der Waals surface area (Å²) in [5.74, 6) is 0.135. The molecule has 0 aliphatic heterocycles. The van der Waals surface area contributed by atoms with Gasteiger partial charge in [0, 0.05) is 10.2 Å². The van der Waals surface area contributed by atoms with Crippen LogP contribution >= 0.6 is 11.6 Å². The molecule has 4 N–H and O–H groups in total. The van der Waals surface area contributed by atoms with Gasteiger partial charge in [-0.1, -0.05) is 23.7 Å². The van der Waals surface area contributed by atoms with Gasteiger partial charge in [-0.15, -0.1) is 0 Å². The summed E-state index contributed by atoms with van der Waals surface area (Å²) in [4.78, 5) is 30.1. The number of nitrogens with zero attached hydrogens (tertiary/aromatic N) is 5. The molecule has 3 heterocycles. The van der Waals surface area contributed by atoms with E-state index in [1.54, 1.807) is 16.8 Å². The van der Waals surface area contributed by atoms with Crippen LogP contribution in [0.3, 0.4) is 0 Å². The molecule has 1 aliphatic rings. The SMILES string of the molecule is C[C@H](Nc1nc(=NC2CC2)n2ncc(=Cc3[nH]c(=O)[nH]c3O)c2n1)c1cccc(Cl)c1. The molecule has 0 spiro atoms. The number of aromatic hydroxyl groups is 1. The number of benzene rings is 1. The minimum atomic E-state index is -0.503. The number of aromatic amines is 2. The molecule has 3 aromatic heterocycles. The molecule has 0 saturated heterocycles. The molecule has 4 aromatic rings. The molecular weight excluding hydrogens is 420 g/mol. The van der Waals surface area contributed by atoms with Gasteiger partial charge in [-0.05, 0) is 43.5 Å². The number of fused-ring (bicyclic) bond motifs is 1. The molecule has 1 saturated carbocycles. The van der Waals surface area contributed by atoms with Crippen molar-refractivity contribution in [3.63, 3.8) is 0 Å². The van der Waals surface area contributed by atoms with E-state index >= 15 is 0 Å². The number of H-pyrrole nitrogens is 2. The van der Waals surface area contributed by atoms with Crippen LogP contribution in [0.15, 0.2) is 40.2 Å². The van der Waals surface area contributed by atoms with Crippen molar-refractivity contribution in [2.75, 3.05) is 5.32 Å². The highest BCUT2D eigenvalue weighted by atomic mass is 35.5. The third-order valence-electron chi connectivity index (χ3n) is 4.95. The molecule has 1 atom stereocenters. The molecule has 1 aromatic carbocycles. The fraction of sp³-hybridized carbons (Fsp3) is 0.250. The van der Waals surface area contributed by atoms with Crippen LogP contribution < -0.4 is 21.8 Å². The van der Waals surface area contributed by atoms with E-state index in [1.165, 1.54) is 0 Å². The largest absolute Gasteiger partial charge is 0.493 e. The van der Waals surface area contributed by atoms with E-state index in [1.807, 2.05) is 31.2 Å². The minimum Gasteiger partial charge on any atom is -0.493 e. The van der Waals surface area contributed by atoms with Gasteiger partial charge in [-0.3, -0.25) is 4.98 Å². The Morgan fingerprint density at radius 2 is 2.19 bits per heavy atom. The van der Waals surface area contributed by atoms with Crippen LogP contribution in [0.5, 0.6) is 5.88 Å². The second kappa shape index (κ2) is 7.55. The Balaban J connectivity index is 1.62. The monoisotopic (exact) mass is 438 g/mol. The fourth-order valence-corrected chi connectivity index (χ4v) is 3.40. The van der Waals surface area contributed by atoms with Gasteiger partial charge in [0.25, 0.3) is 5.62 Å². The molecule has 10 nitrogen and oxygen atoms in total. The Hall–Kier alpha value is -3.66. The van der Waals surface area contributed by atoms with Gasteiger partial charge < -0.3 is 15.4 Å². The van der Waals surface area contributed by atoms with Gasteiger partial charge in [-0.2, -0.15) is 19.6 Å². The van der Waals surface area contributed by atoms with Crippen LogP contribution in [-0.4, -0.2) is 40.7 Å². The zero-order valence-corrected chi connectivity index (χ0v) is 17.3. The summed E-state index contributed by atoms with van der Waals surface area (Å²) >= 11 is 6.12. The molecular formula is C20H19ClN8O2. The third kappa shape index (κ3) is 4.02. The van der Waals surface area contributed by atoms with E-state index in [-0.39, 0.29) is 23.7 Å². The number of nitrogens with one attached hydrogen (secondary N) is 3. The Morgan fingerprint density at radius 1 is 1.35 bits per heavy atom. The summed E-state index contributed by atoms with van der Waals surface area (Å²) in [6, 6.07) is 7.70. The number of aromatic nitrogens is 6. The standard InChI is InChI=1S/C20H19ClN8O2/c1-10(11-3-2-4-13(21)7-11)23-18-26-16-12(8-15-17(30)27-20(31)25-15)9-22-29(16)19(28-18)24-14-5-6-14/h2-4,7-10,14,30H,5-6H2,1H3,(H,23,24,28)(H2,25,27,31)/t10-/m0/s1. The van der Waals surface area contributed by atoms with Gasteiger partial charge in [0.1, 0.15) is 5.69 Å². The Labute approximate surface area is 180 Å². The zero-order chi connectivity index (χ0) is 21.5. The molecule has 0 radical (unpaired) electrons. The van der Waals surface area contributed by atoms with E-state index in [4.69, 9.17) is 11.6 Å². The fourth-order valence-electron chi connectivity index (χ4n) is 3.20. The molecule has 0 amide bonds. The maximum absolute atomic E-state index is 11.4. The number of rotatable bonds is 5. The topological polar surface area (TPSA) is 136 Å². The van der Waals surface area contributed by atoms with E-state index in [9.17, 15) is 9.90 Å². The lowest BCUT2D eigenvalue weighted by atomic mass is 10.1. The third-order valence-corrected chi connectivity index (χ3v) is 5.19. The minimum absolute atomic E-state index is 0.102. The molecule has 5 rings (SSSR count). The Kier molecular flexibility index (Phi) is 4.70. The second-order valence-corrected chi connectivity index (χ2v) is 7.89. The molecule has 1 aliphatic carbocycles. The molecule has 158 valence electrons. The summed E-state index contributed by atoms with van der Waals surface area (Å²) in [5.41, 5.74) is 1.67. The normalized spacial score (nSPS) is 16.2. The van der Waals surface area contributed by atoms with Crippen molar-refractivity contribution in [1.82, 2.24) is 29.5 Å². The summed E-state index contributed by atoms with van der Waals surface area (Å²) in [5, 5.41) is 18.8. The van der Waals surface area contributed by atoms with Gasteiger partial charge in [-0.25, -0.2) is 9.79 Å². The first-order valence-electron chi connectivity index (χ1n) is 9.81. The molecule has 0 unspecified atom stereocenters. The van der Waals surface area contributed by atoms with Crippen molar-refractivity contribution < 1.29 is 5.11 Å². The van der Waals surface area contributed by atoms with Crippen molar-refractivity contribution in [2.45, 2.75) is 31.8 Å². The van der Waals surface area contributed by atoms with Crippen molar-refractivity contribution >= 4 is 29.3 Å². The number of imidazole rings is 1. The van der Waals surface area contributed by atoms with E-state index in [0.29, 0.717) is 27.5 Å². The first kappa shape index (κ1) is 19.3. The van der Waals surface area contributed by atoms with Crippen LogP contribution in [0, 0.1) is 0 Å². The molecule has 1 fully saturated rings. The van der Waals surface area contributed by atoms with Crippen molar-refractivity contribution in [3.8, 4) is 5.88 Å². The van der Waals surface area contributed by atoms with Crippen molar-refractivity contribution in [3.05, 3.63) is 68.1 Å². The highest BCUT2D eigenvalue weighted by molar-refractivity contribution is 6.30. The summed E-state index contributed by atoms with van der Waals surface area (Å²) < 4.78 is 1.56. The quantitative estimate of drug-likeness (QED) is 0.370. The zero-order valence-electron chi connectivity index (χ0n) is 16.5. The van der Waals surface area contributed by atoms with E-state index in [2.05, 4.69) is 35.3 Å². The van der Waals surface area contributed by atoms with Crippen LogP contribution in [-0.2, 0) is 0 Å². The summed E-state index contributed by atoms with van der Waals surface area (Å²) in [7, 11) is 0. The van der Waals surface area contributed by atoms with Crippen LogP contribution in [0.4, 0.5) is 5.95 Å². The first-order valence-corrected chi connectivity index (χ1v) is 10.2. The van der Waals surface area contributed by atoms with Crippen molar-refractivity contribution in [1.29, 1.82) is 0 Å². The summed E-state index contributed by atoms with van der Waals surface area (Å²) in [6.07, 6.45) is 5.22. The lowest BCUT2D eigenvalue weighted by Gasteiger charge is -2.14. The highest BCUT2D eigenvalue weighted by Gasteiger charge is 2.21. The van der Waals surface area contributed by atoms with Gasteiger partial charge in [0.2, 0.25) is 11.8 Å². The van der Waals surface area contributed by atoms with Crippen molar-refractivity contribution in [2.24, 2.45) is 4.99 Å². The molecule has 0 bridgehead atoms. The van der Waals surface area contributed by atoms with Gasteiger partial charge >= 0.3 is 5.69 Å². The smallest absolute Gasteiger partial charge is 0.326 e. The molecule has 31 heavy (non-hydrogen) atoms. The van der Waals surface area contributed by atoms with E-state index in [0.717, 1.165) is 18.4 Å². The average molecular weight is 439 g/mol. The highest BCUT2D eigenvalue weighted by Crippen LogP contribution is 2.23. The van der Waals surface area contributed by atoms with Crippen LogP contribution in [0.1, 0.15) is 37.1 Å². The lowest BCUT2D eigenvalue weighted by Crippen LogP contribution is -2.25. The lowest BCUT2D eigenvalue weighted by molar-refractivity contribution is 0.454. The Bertz CT molecular complexity index is 1450. The van der Waals surface area contributed by atoms with Crippen LogP contribution in [0.25, 0.3) is 11.7 Å².